The van der Waals surface area contributed by atoms with E-state index >= 15 is 0 Å². The number of aliphatic hydroxyl groups is 1. The lowest BCUT2D eigenvalue weighted by atomic mass is 9.89. The molecule has 1 saturated heterocycles. The lowest BCUT2D eigenvalue weighted by Crippen LogP contribution is -2.62. The average Bonchev–Trinajstić information content (AvgIpc) is 2.35. The number of carbonyl (C=O) groups is 1. The van der Waals surface area contributed by atoms with Crippen LogP contribution in [0.5, 0.6) is 0 Å². The van der Waals surface area contributed by atoms with E-state index in [2.05, 4.69) is 17.1 Å². The number of aromatic nitrogens is 2. The minimum atomic E-state index is -0.589. The van der Waals surface area contributed by atoms with Crippen molar-refractivity contribution in [3.05, 3.63) is 17.8 Å². The smallest absolute Gasteiger partial charge is 0.273 e. The van der Waals surface area contributed by atoms with Crippen LogP contribution in [-0.4, -0.2) is 58.9 Å². The van der Waals surface area contributed by atoms with Gasteiger partial charge in [-0.1, -0.05) is 13.3 Å². The first-order valence-electron chi connectivity index (χ1n) is 6.48. The topological polar surface area (TPSA) is 69.6 Å². The second kappa shape index (κ2) is 5.13. The van der Waals surface area contributed by atoms with Crippen molar-refractivity contribution >= 4 is 11.7 Å². The molecule has 0 aliphatic carbocycles. The minimum absolute atomic E-state index is 0.162. The van der Waals surface area contributed by atoms with Crippen LogP contribution < -0.4 is 4.90 Å². The van der Waals surface area contributed by atoms with Gasteiger partial charge in [0.05, 0.1) is 18.7 Å². The summed E-state index contributed by atoms with van der Waals surface area (Å²) in [6.45, 7) is 3.22. The van der Waals surface area contributed by atoms with Gasteiger partial charge in [-0.25, -0.2) is 0 Å². The molecular weight excluding hydrogens is 244 g/mol. The fourth-order valence-corrected chi connectivity index (χ4v) is 2.29. The summed E-state index contributed by atoms with van der Waals surface area (Å²) in [5.74, 6) is 0.543. The molecule has 1 amide bonds. The molecule has 1 aliphatic rings. The van der Waals surface area contributed by atoms with Gasteiger partial charge in [0, 0.05) is 14.1 Å². The summed E-state index contributed by atoms with van der Waals surface area (Å²) in [6, 6.07) is 3.44. The Kier molecular flexibility index (Phi) is 3.71. The molecule has 0 aromatic carbocycles. The number of carbonyl (C=O) groups excluding carboxylic acids is 1. The molecule has 6 heteroatoms. The van der Waals surface area contributed by atoms with Crippen molar-refractivity contribution in [2.45, 2.75) is 25.4 Å². The molecule has 0 bridgehead atoms. The number of anilines is 1. The fraction of sp³-hybridized carbons (Fsp3) is 0.615. The first kappa shape index (κ1) is 13.7. The van der Waals surface area contributed by atoms with Crippen LogP contribution in [0.15, 0.2) is 12.1 Å². The van der Waals surface area contributed by atoms with Crippen molar-refractivity contribution in [3.8, 4) is 0 Å². The van der Waals surface area contributed by atoms with Crippen LogP contribution in [0.25, 0.3) is 0 Å². The molecule has 0 radical (unpaired) electrons. The Bertz CT molecular complexity index is 452. The number of hydrogen-bond donors (Lipinski definition) is 1. The van der Waals surface area contributed by atoms with Gasteiger partial charge in [0.2, 0.25) is 0 Å². The highest BCUT2D eigenvalue weighted by Crippen LogP contribution is 2.29. The predicted octanol–water partition coefficient (Wildman–Crippen LogP) is 0.530. The number of β-amino-alcohol motifs (C(OH)–C–C–N with tert-alkyl or cyclic N) is 1. The zero-order valence-electron chi connectivity index (χ0n) is 11.6. The Hall–Kier alpha value is -1.69. The maximum Gasteiger partial charge on any atom is 0.273 e. The third-order valence-electron chi connectivity index (χ3n) is 3.29. The van der Waals surface area contributed by atoms with Gasteiger partial charge in [-0.15, -0.1) is 10.2 Å². The van der Waals surface area contributed by atoms with E-state index in [1.165, 1.54) is 4.90 Å². The molecule has 1 N–H and O–H groups in total. The Morgan fingerprint density at radius 2 is 2.11 bits per heavy atom. The van der Waals surface area contributed by atoms with Gasteiger partial charge in [-0.3, -0.25) is 4.79 Å². The van der Waals surface area contributed by atoms with Gasteiger partial charge in [-0.2, -0.15) is 0 Å². The van der Waals surface area contributed by atoms with Crippen molar-refractivity contribution in [3.63, 3.8) is 0 Å². The van der Waals surface area contributed by atoms with Crippen molar-refractivity contribution in [1.82, 2.24) is 15.1 Å². The van der Waals surface area contributed by atoms with Crippen LogP contribution in [0.1, 0.15) is 30.3 Å². The molecule has 0 spiro atoms. The first-order valence-corrected chi connectivity index (χ1v) is 6.48. The molecular formula is C13H20N4O2. The fourth-order valence-electron chi connectivity index (χ4n) is 2.29. The van der Waals surface area contributed by atoms with Crippen LogP contribution in [-0.2, 0) is 0 Å². The maximum atomic E-state index is 11.7. The molecule has 0 atom stereocenters. The molecule has 1 aliphatic heterocycles. The van der Waals surface area contributed by atoms with E-state index in [4.69, 9.17) is 0 Å². The predicted molar refractivity (Wildman–Crippen MR) is 72.1 cm³/mol. The summed E-state index contributed by atoms with van der Waals surface area (Å²) in [5, 5.41) is 18.1. The Morgan fingerprint density at radius 3 is 2.58 bits per heavy atom. The highest BCUT2D eigenvalue weighted by Gasteiger charge is 2.40. The molecule has 104 valence electrons. The van der Waals surface area contributed by atoms with Crippen LogP contribution in [0.3, 0.4) is 0 Å². The monoisotopic (exact) mass is 264 g/mol. The summed E-state index contributed by atoms with van der Waals surface area (Å²) in [6.07, 6.45) is 1.76. The van der Waals surface area contributed by atoms with Crippen molar-refractivity contribution < 1.29 is 9.90 Å². The standard InChI is InChI=1S/C13H20N4O2/c1-4-7-13(19)8-17(9-13)11-6-5-10(14-15-11)12(18)16(2)3/h5-6,19H,4,7-9H2,1-3H3. The number of hydrogen-bond acceptors (Lipinski definition) is 5. The second-order valence-electron chi connectivity index (χ2n) is 5.31. The Labute approximate surface area is 113 Å². The molecule has 6 nitrogen and oxygen atoms in total. The van der Waals surface area contributed by atoms with E-state index < -0.39 is 5.60 Å². The van der Waals surface area contributed by atoms with Crippen LogP contribution in [0, 0.1) is 0 Å². The summed E-state index contributed by atoms with van der Waals surface area (Å²) >= 11 is 0. The summed E-state index contributed by atoms with van der Waals surface area (Å²) in [7, 11) is 3.36. The molecule has 1 fully saturated rings. The van der Waals surface area contributed by atoms with E-state index in [-0.39, 0.29) is 5.91 Å². The number of nitrogens with zero attached hydrogens (tertiary/aromatic N) is 4. The SMILES string of the molecule is CCCC1(O)CN(c2ccc(C(=O)N(C)C)nn2)C1. The Morgan fingerprint density at radius 1 is 1.42 bits per heavy atom. The Balaban J connectivity index is 1.99. The molecule has 2 rings (SSSR count). The van der Waals surface area contributed by atoms with E-state index in [0.717, 1.165) is 12.8 Å². The van der Waals surface area contributed by atoms with Gasteiger partial charge < -0.3 is 14.9 Å². The molecule has 0 unspecified atom stereocenters. The number of rotatable bonds is 4. The first-order chi connectivity index (χ1) is 8.95. The quantitative estimate of drug-likeness (QED) is 0.859. The third kappa shape index (κ3) is 2.84. The zero-order chi connectivity index (χ0) is 14.0. The summed E-state index contributed by atoms with van der Waals surface area (Å²) in [4.78, 5) is 15.1. The second-order valence-corrected chi connectivity index (χ2v) is 5.31. The van der Waals surface area contributed by atoms with E-state index in [1.807, 2.05) is 4.90 Å². The van der Waals surface area contributed by atoms with E-state index in [9.17, 15) is 9.90 Å². The molecule has 2 heterocycles. The molecule has 19 heavy (non-hydrogen) atoms. The van der Waals surface area contributed by atoms with Crippen molar-refractivity contribution in [1.29, 1.82) is 0 Å². The van der Waals surface area contributed by atoms with Crippen molar-refractivity contribution in [2.75, 3.05) is 32.1 Å². The van der Waals surface area contributed by atoms with Crippen LogP contribution >= 0.6 is 0 Å². The van der Waals surface area contributed by atoms with E-state index in [0.29, 0.717) is 24.6 Å². The molecule has 0 saturated carbocycles. The maximum absolute atomic E-state index is 11.7. The summed E-state index contributed by atoms with van der Waals surface area (Å²) in [5.41, 5.74) is -0.257. The van der Waals surface area contributed by atoms with Crippen LogP contribution in [0.4, 0.5) is 5.82 Å². The average molecular weight is 264 g/mol. The lowest BCUT2D eigenvalue weighted by Gasteiger charge is -2.47. The normalized spacial score (nSPS) is 16.9. The molecule has 1 aromatic rings. The minimum Gasteiger partial charge on any atom is -0.386 e. The van der Waals surface area contributed by atoms with Gasteiger partial charge in [-0.05, 0) is 18.6 Å². The summed E-state index contributed by atoms with van der Waals surface area (Å²) < 4.78 is 0. The highest BCUT2D eigenvalue weighted by atomic mass is 16.3. The van der Waals surface area contributed by atoms with Crippen molar-refractivity contribution in [2.24, 2.45) is 0 Å². The lowest BCUT2D eigenvalue weighted by molar-refractivity contribution is 0.00284. The highest BCUT2D eigenvalue weighted by molar-refractivity contribution is 5.91. The largest absolute Gasteiger partial charge is 0.386 e. The number of amides is 1. The van der Waals surface area contributed by atoms with Gasteiger partial charge in [0.1, 0.15) is 0 Å². The molecule has 1 aromatic heterocycles. The van der Waals surface area contributed by atoms with E-state index in [1.54, 1.807) is 26.2 Å². The van der Waals surface area contributed by atoms with Gasteiger partial charge >= 0.3 is 0 Å². The zero-order valence-corrected chi connectivity index (χ0v) is 11.6. The van der Waals surface area contributed by atoms with Crippen LogP contribution in [0.2, 0.25) is 0 Å². The third-order valence-corrected chi connectivity index (χ3v) is 3.29. The van der Waals surface area contributed by atoms with Gasteiger partial charge in [0.15, 0.2) is 11.5 Å². The van der Waals surface area contributed by atoms with Gasteiger partial charge in [0.25, 0.3) is 5.91 Å².